The van der Waals surface area contributed by atoms with Gasteiger partial charge in [0.1, 0.15) is 11.6 Å². The highest BCUT2D eigenvalue weighted by Crippen LogP contribution is 2.17. The predicted octanol–water partition coefficient (Wildman–Crippen LogP) is 2.61. The number of ether oxygens (including phenoxy) is 1. The number of para-hydroxylation sites is 1. The summed E-state index contributed by atoms with van der Waals surface area (Å²) in [5, 5.41) is 0. The molecule has 0 aliphatic rings. The number of nitrogens with one attached hydrogen (secondary N) is 2. The van der Waals surface area contributed by atoms with Crippen LogP contribution in [0.4, 0.5) is 5.82 Å². The van der Waals surface area contributed by atoms with Gasteiger partial charge in [-0.1, -0.05) is 12.1 Å². The minimum atomic E-state index is -0.290. The molecule has 0 saturated heterocycles. The SMILES string of the molecule is COc1ccccc1C(=O)NNc1ccc(Br)cn1. The number of amides is 1. The third-order valence-electron chi connectivity index (χ3n) is 2.38. The summed E-state index contributed by atoms with van der Waals surface area (Å²) in [6.07, 6.45) is 1.64. The number of rotatable bonds is 4. The Bertz CT molecular complexity index is 572. The maximum atomic E-state index is 12.0. The van der Waals surface area contributed by atoms with Crippen LogP contribution in [0.2, 0.25) is 0 Å². The molecule has 5 nitrogen and oxygen atoms in total. The molecule has 6 heteroatoms. The van der Waals surface area contributed by atoms with Crippen LogP contribution in [0.3, 0.4) is 0 Å². The van der Waals surface area contributed by atoms with Gasteiger partial charge in [-0.2, -0.15) is 0 Å². The first kappa shape index (κ1) is 13.4. The van der Waals surface area contributed by atoms with Gasteiger partial charge in [0.25, 0.3) is 5.91 Å². The number of hydrogen-bond donors (Lipinski definition) is 2. The van der Waals surface area contributed by atoms with Crippen molar-refractivity contribution in [3.8, 4) is 5.75 Å². The van der Waals surface area contributed by atoms with Crippen molar-refractivity contribution in [2.24, 2.45) is 0 Å². The molecular formula is C13H12BrN3O2. The lowest BCUT2D eigenvalue weighted by Crippen LogP contribution is -2.30. The minimum Gasteiger partial charge on any atom is -0.496 e. The molecule has 0 saturated carbocycles. The van der Waals surface area contributed by atoms with E-state index in [4.69, 9.17) is 4.74 Å². The quantitative estimate of drug-likeness (QED) is 0.850. The van der Waals surface area contributed by atoms with Crippen molar-refractivity contribution in [2.45, 2.75) is 0 Å². The summed E-state index contributed by atoms with van der Waals surface area (Å²) in [5.41, 5.74) is 5.75. The summed E-state index contributed by atoms with van der Waals surface area (Å²) in [7, 11) is 1.52. The number of anilines is 1. The van der Waals surface area contributed by atoms with E-state index in [1.165, 1.54) is 7.11 Å². The Hall–Kier alpha value is -2.08. The van der Waals surface area contributed by atoms with E-state index in [1.54, 1.807) is 36.5 Å². The van der Waals surface area contributed by atoms with Gasteiger partial charge < -0.3 is 4.74 Å². The number of halogens is 1. The molecule has 1 amide bonds. The van der Waals surface area contributed by atoms with Crippen molar-refractivity contribution >= 4 is 27.7 Å². The molecule has 0 aliphatic heterocycles. The van der Waals surface area contributed by atoms with E-state index in [0.29, 0.717) is 17.1 Å². The summed E-state index contributed by atoms with van der Waals surface area (Å²) >= 11 is 3.29. The van der Waals surface area contributed by atoms with Crippen molar-refractivity contribution in [1.29, 1.82) is 0 Å². The summed E-state index contributed by atoms with van der Waals surface area (Å²) in [6.45, 7) is 0. The van der Waals surface area contributed by atoms with E-state index < -0.39 is 0 Å². The molecule has 0 bridgehead atoms. The lowest BCUT2D eigenvalue weighted by atomic mass is 10.2. The maximum absolute atomic E-state index is 12.0. The highest BCUT2D eigenvalue weighted by molar-refractivity contribution is 9.10. The van der Waals surface area contributed by atoms with Crippen molar-refractivity contribution in [3.05, 3.63) is 52.6 Å². The molecule has 0 aliphatic carbocycles. The lowest BCUT2D eigenvalue weighted by molar-refractivity contribution is 0.0959. The zero-order chi connectivity index (χ0) is 13.7. The Balaban J connectivity index is 2.03. The van der Waals surface area contributed by atoms with Crippen molar-refractivity contribution < 1.29 is 9.53 Å². The Morgan fingerprint density at radius 2 is 2.05 bits per heavy atom. The Morgan fingerprint density at radius 3 is 2.74 bits per heavy atom. The van der Waals surface area contributed by atoms with Gasteiger partial charge >= 0.3 is 0 Å². The second-order valence-electron chi connectivity index (χ2n) is 3.64. The Labute approximate surface area is 119 Å². The van der Waals surface area contributed by atoms with Crippen molar-refractivity contribution in [2.75, 3.05) is 12.5 Å². The van der Waals surface area contributed by atoms with Crippen LogP contribution in [0.25, 0.3) is 0 Å². The molecule has 1 aromatic carbocycles. The molecule has 0 unspecified atom stereocenters. The number of carbonyl (C=O) groups excluding carboxylic acids is 1. The van der Waals surface area contributed by atoms with Crippen LogP contribution >= 0.6 is 15.9 Å². The average Bonchev–Trinajstić information content (AvgIpc) is 2.46. The first-order chi connectivity index (χ1) is 9.20. The van der Waals surface area contributed by atoms with Gasteiger partial charge in [0.2, 0.25) is 0 Å². The Morgan fingerprint density at radius 1 is 1.26 bits per heavy atom. The molecular weight excluding hydrogens is 310 g/mol. The van der Waals surface area contributed by atoms with Crippen LogP contribution in [0.1, 0.15) is 10.4 Å². The largest absolute Gasteiger partial charge is 0.496 e. The smallest absolute Gasteiger partial charge is 0.273 e. The second kappa shape index (κ2) is 6.19. The molecule has 2 rings (SSSR count). The number of hydrogen-bond acceptors (Lipinski definition) is 4. The highest BCUT2D eigenvalue weighted by atomic mass is 79.9. The van der Waals surface area contributed by atoms with Crippen LogP contribution in [-0.2, 0) is 0 Å². The van der Waals surface area contributed by atoms with Gasteiger partial charge in [0, 0.05) is 10.7 Å². The van der Waals surface area contributed by atoms with E-state index in [1.807, 2.05) is 6.07 Å². The molecule has 98 valence electrons. The lowest BCUT2D eigenvalue weighted by Gasteiger charge is -2.10. The first-order valence-electron chi connectivity index (χ1n) is 5.51. The van der Waals surface area contributed by atoms with Crippen LogP contribution in [-0.4, -0.2) is 18.0 Å². The Kier molecular flexibility index (Phi) is 4.35. The highest BCUT2D eigenvalue weighted by Gasteiger charge is 2.10. The van der Waals surface area contributed by atoms with E-state index in [2.05, 4.69) is 31.8 Å². The number of aromatic nitrogens is 1. The number of hydrazine groups is 1. The van der Waals surface area contributed by atoms with Gasteiger partial charge in [-0.15, -0.1) is 0 Å². The number of methoxy groups -OCH3 is 1. The molecule has 0 spiro atoms. The second-order valence-corrected chi connectivity index (χ2v) is 4.56. The molecule has 2 N–H and O–H groups in total. The molecule has 0 fully saturated rings. The molecule has 2 aromatic rings. The topological polar surface area (TPSA) is 63.2 Å². The van der Waals surface area contributed by atoms with Gasteiger partial charge in [-0.25, -0.2) is 4.98 Å². The van der Waals surface area contributed by atoms with E-state index >= 15 is 0 Å². The molecule has 0 radical (unpaired) electrons. The molecule has 19 heavy (non-hydrogen) atoms. The first-order valence-corrected chi connectivity index (χ1v) is 6.31. The monoisotopic (exact) mass is 321 g/mol. The summed E-state index contributed by atoms with van der Waals surface area (Å²) in [6, 6.07) is 10.6. The predicted molar refractivity (Wildman–Crippen MR) is 76.0 cm³/mol. The van der Waals surface area contributed by atoms with E-state index in [9.17, 15) is 4.79 Å². The zero-order valence-electron chi connectivity index (χ0n) is 10.2. The van der Waals surface area contributed by atoms with Crippen molar-refractivity contribution in [3.63, 3.8) is 0 Å². The number of carbonyl (C=O) groups is 1. The van der Waals surface area contributed by atoms with Gasteiger partial charge in [0.05, 0.1) is 12.7 Å². The summed E-state index contributed by atoms with van der Waals surface area (Å²) in [5.74, 6) is 0.777. The van der Waals surface area contributed by atoms with Crippen molar-refractivity contribution in [1.82, 2.24) is 10.4 Å². The number of benzene rings is 1. The van der Waals surface area contributed by atoms with Gasteiger partial charge in [-0.05, 0) is 40.2 Å². The standard InChI is InChI=1S/C13H12BrN3O2/c1-19-11-5-3-2-4-10(11)13(18)17-16-12-7-6-9(14)8-15-12/h2-8H,1H3,(H,15,16)(H,17,18). The minimum absolute atomic E-state index is 0.290. The fourth-order valence-corrected chi connectivity index (χ4v) is 1.70. The van der Waals surface area contributed by atoms with E-state index in [0.717, 1.165) is 4.47 Å². The third-order valence-corrected chi connectivity index (χ3v) is 2.85. The number of pyridine rings is 1. The van der Waals surface area contributed by atoms with Gasteiger partial charge in [0.15, 0.2) is 0 Å². The fourth-order valence-electron chi connectivity index (χ4n) is 1.47. The van der Waals surface area contributed by atoms with Crippen LogP contribution in [0.5, 0.6) is 5.75 Å². The fraction of sp³-hybridized carbons (Fsp3) is 0.0769. The third kappa shape index (κ3) is 3.45. The zero-order valence-corrected chi connectivity index (χ0v) is 11.8. The molecule has 0 atom stereocenters. The summed E-state index contributed by atoms with van der Waals surface area (Å²) in [4.78, 5) is 16.1. The maximum Gasteiger partial charge on any atom is 0.273 e. The average molecular weight is 322 g/mol. The van der Waals surface area contributed by atoms with E-state index in [-0.39, 0.29) is 5.91 Å². The normalized spacial score (nSPS) is 9.79. The van der Waals surface area contributed by atoms with Gasteiger partial charge in [-0.3, -0.25) is 15.6 Å². The van der Waals surface area contributed by atoms with Crippen LogP contribution in [0.15, 0.2) is 47.1 Å². The molecule has 1 aromatic heterocycles. The molecule has 1 heterocycles. The van der Waals surface area contributed by atoms with Crippen LogP contribution < -0.4 is 15.6 Å². The number of nitrogens with zero attached hydrogens (tertiary/aromatic N) is 1. The summed E-state index contributed by atoms with van der Waals surface area (Å²) < 4.78 is 5.99. The van der Waals surface area contributed by atoms with Crippen LogP contribution in [0, 0.1) is 0 Å².